The molecule has 0 saturated carbocycles. The maximum Gasteiger partial charge on any atom is 0.347 e. The molecule has 3 rings (SSSR count). The fourth-order valence-corrected chi connectivity index (χ4v) is 2.85. The molecule has 172 valence electrons. The average molecular weight is 459 g/mol. The van der Waals surface area contributed by atoms with Crippen LogP contribution in [0.2, 0.25) is 0 Å². The lowest BCUT2D eigenvalue weighted by Crippen LogP contribution is -2.18. The first-order valence-electron chi connectivity index (χ1n) is 10.1. The molecule has 0 unspecified atom stereocenters. The predicted molar refractivity (Wildman–Crippen MR) is 125 cm³/mol. The number of anilines is 1. The van der Waals surface area contributed by atoms with E-state index in [9.17, 15) is 19.2 Å². The average Bonchev–Trinajstić information content (AvgIpc) is 2.80. The highest BCUT2D eigenvalue weighted by atomic mass is 16.5. The molecule has 0 aliphatic rings. The van der Waals surface area contributed by atoms with Crippen molar-refractivity contribution in [3.05, 3.63) is 89.5 Å². The van der Waals surface area contributed by atoms with Crippen LogP contribution in [-0.2, 0) is 9.59 Å². The first-order chi connectivity index (χ1) is 16.3. The summed E-state index contributed by atoms with van der Waals surface area (Å²) in [4.78, 5) is 47.4. The first kappa shape index (κ1) is 23.9. The third-order valence-corrected chi connectivity index (χ3v) is 4.32. The number of carbonyl (C=O) groups is 4. The van der Waals surface area contributed by atoms with Crippen LogP contribution in [0.3, 0.4) is 0 Å². The highest BCUT2D eigenvalue weighted by molar-refractivity contribution is 5.97. The van der Waals surface area contributed by atoms with E-state index in [2.05, 4.69) is 15.8 Å². The molecular weight excluding hydrogens is 438 g/mol. The van der Waals surface area contributed by atoms with Gasteiger partial charge in [0.15, 0.2) is 0 Å². The molecule has 9 heteroatoms. The zero-order valence-electron chi connectivity index (χ0n) is 18.4. The fraction of sp³-hybridized carbons (Fsp3) is 0.0800. The molecule has 0 aliphatic carbocycles. The summed E-state index contributed by atoms with van der Waals surface area (Å²) in [6, 6.07) is 19.1. The Labute approximate surface area is 195 Å². The Morgan fingerprint density at radius 3 is 2.12 bits per heavy atom. The van der Waals surface area contributed by atoms with E-state index in [1.165, 1.54) is 32.2 Å². The van der Waals surface area contributed by atoms with Gasteiger partial charge in [0.1, 0.15) is 17.1 Å². The number of hydrazone groups is 1. The van der Waals surface area contributed by atoms with Crippen molar-refractivity contribution in [1.29, 1.82) is 0 Å². The third kappa shape index (κ3) is 6.60. The maximum absolute atomic E-state index is 12.7. The van der Waals surface area contributed by atoms with E-state index in [4.69, 9.17) is 9.47 Å². The van der Waals surface area contributed by atoms with Gasteiger partial charge in [-0.2, -0.15) is 5.10 Å². The largest absolute Gasteiger partial charge is 0.426 e. The van der Waals surface area contributed by atoms with Gasteiger partial charge in [-0.3, -0.25) is 14.4 Å². The molecule has 3 aromatic carbocycles. The number of nitrogens with zero attached hydrogens (tertiary/aromatic N) is 1. The molecule has 34 heavy (non-hydrogen) atoms. The first-order valence-corrected chi connectivity index (χ1v) is 10.1. The van der Waals surface area contributed by atoms with Gasteiger partial charge in [-0.25, -0.2) is 10.2 Å². The van der Waals surface area contributed by atoms with E-state index in [0.29, 0.717) is 16.8 Å². The van der Waals surface area contributed by atoms with Crippen LogP contribution in [0.5, 0.6) is 11.5 Å². The van der Waals surface area contributed by atoms with Crippen molar-refractivity contribution in [3.8, 4) is 11.5 Å². The summed E-state index contributed by atoms with van der Waals surface area (Å²) in [5.41, 5.74) is 3.82. The molecule has 0 fully saturated rings. The molecule has 3 aromatic rings. The van der Waals surface area contributed by atoms with Crippen LogP contribution >= 0.6 is 0 Å². The molecule has 2 amide bonds. The van der Waals surface area contributed by atoms with Crippen LogP contribution in [0.25, 0.3) is 0 Å². The lowest BCUT2D eigenvalue weighted by atomic mass is 10.2. The van der Waals surface area contributed by atoms with E-state index in [1.54, 1.807) is 60.7 Å². The number of esters is 2. The molecular formula is C25H21N3O6. The van der Waals surface area contributed by atoms with Crippen molar-refractivity contribution in [3.63, 3.8) is 0 Å². The summed E-state index contributed by atoms with van der Waals surface area (Å²) >= 11 is 0. The second kappa shape index (κ2) is 11.2. The fourth-order valence-electron chi connectivity index (χ4n) is 2.85. The number of carbonyl (C=O) groups excluding carboxylic acids is 4. The summed E-state index contributed by atoms with van der Waals surface area (Å²) in [6.07, 6.45) is 1.34. The molecule has 2 N–H and O–H groups in total. The molecule has 0 heterocycles. The summed E-state index contributed by atoms with van der Waals surface area (Å²) in [5.74, 6) is -1.67. The minimum Gasteiger partial charge on any atom is -0.426 e. The van der Waals surface area contributed by atoms with Crippen LogP contribution in [-0.4, -0.2) is 30.0 Å². The second-order valence-corrected chi connectivity index (χ2v) is 6.97. The van der Waals surface area contributed by atoms with Crippen molar-refractivity contribution in [2.24, 2.45) is 5.10 Å². The summed E-state index contributed by atoms with van der Waals surface area (Å²) in [7, 11) is 0. The standard InChI is InChI=1S/C25H21N3O6/c1-16(29)27-20-13-11-18(12-14-20)24(31)28-26-15-19-7-3-5-9-22(19)34-25(32)21-8-4-6-10-23(21)33-17(2)30/h3-15H,1-2H3,(H,27,29)(H,28,31)/b26-15-. The van der Waals surface area contributed by atoms with Gasteiger partial charge >= 0.3 is 11.9 Å². The molecule has 0 aliphatic heterocycles. The second-order valence-electron chi connectivity index (χ2n) is 6.97. The Kier molecular flexibility index (Phi) is 7.85. The zero-order valence-corrected chi connectivity index (χ0v) is 18.4. The van der Waals surface area contributed by atoms with Gasteiger partial charge in [-0.15, -0.1) is 0 Å². The zero-order chi connectivity index (χ0) is 24.5. The normalized spacial score (nSPS) is 10.4. The number of amides is 2. The molecule has 0 saturated heterocycles. The highest BCUT2D eigenvalue weighted by Crippen LogP contribution is 2.23. The number of hydrogen-bond donors (Lipinski definition) is 2. The number of benzene rings is 3. The third-order valence-electron chi connectivity index (χ3n) is 4.32. The van der Waals surface area contributed by atoms with E-state index in [1.807, 2.05) is 0 Å². The van der Waals surface area contributed by atoms with Gasteiger partial charge in [0.05, 0.1) is 6.21 Å². The summed E-state index contributed by atoms with van der Waals surface area (Å²) < 4.78 is 10.5. The summed E-state index contributed by atoms with van der Waals surface area (Å²) in [5, 5.41) is 6.55. The monoisotopic (exact) mass is 459 g/mol. The molecule has 0 atom stereocenters. The molecule has 0 aromatic heterocycles. The number of nitrogens with one attached hydrogen (secondary N) is 2. The maximum atomic E-state index is 12.7. The van der Waals surface area contributed by atoms with Gasteiger partial charge in [0, 0.05) is 30.7 Å². The van der Waals surface area contributed by atoms with Gasteiger partial charge < -0.3 is 14.8 Å². The number of rotatable bonds is 7. The minimum atomic E-state index is -0.721. The van der Waals surface area contributed by atoms with Crippen LogP contribution in [0.4, 0.5) is 5.69 Å². The van der Waals surface area contributed by atoms with Gasteiger partial charge in [-0.05, 0) is 48.5 Å². The van der Waals surface area contributed by atoms with Crippen LogP contribution in [0.15, 0.2) is 77.9 Å². The smallest absolute Gasteiger partial charge is 0.347 e. The Hall–Kier alpha value is -4.79. The number of para-hydroxylation sites is 2. The number of ether oxygens (including phenoxy) is 2. The Morgan fingerprint density at radius 2 is 1.44 bits per heavy atom. The lowest BCUT2D eigenvalue weighted by Gasteiger charge is -2.10. The van der Waals surface area contributed by atoms with Gasteiger partial charge in [-0.1, -0.05) is 24.3 Å². The van der Waals surface area contributed by atoms with Crippen molar-refractivity contribution in [2.45, 2.75) is 13.8 Å². The SMILES string of the molecule is CC(=O)Nc1ccc(C(=O)N/N=C\c2ccccc2OC(=O)c2ccccc2OC(C)=O)cc1. The quantitative estimate of drug-likeness (QED) is 0.241. The van der Waals surface area contributed by atoms with Crippen LogP contribution in [0, 0.1) is 0 Å². The molecule has 0 bridgehead atoms. The summed E-state index contributed by atoms with van der Waals surface area (Å²) in [6.45, 7) is 2.63. The molecule has 0 radical (unpaired) electrons. The predicted octanol–water partition coefficient (Wildman–Crippen LogP) is 3.55. The number of hydrogen-bond acceptors (Lipinski definition) is 7. The van der Waals surface area contributed by atoms with E-state index in [-0.39, 0.29) is 23.0 Å². The molecule has 0 spiro atoms. The molecule has 9 nitrogen and oxygen atoms in total. The van der Waals surface area contributed by atoms with E-state index in [0.717, 1.165) is 0 Å². The Balaban J connectivity index is 1.69. The van der Waals surface area contributed by atoms with Crippen molar-refractivity contribution in [1.82, 2.24) is 5.43 Å². The van der Waals surface area contributed by atoms with Gasteiger partial charge in [0.25, 0.3) is 5.91 Å². The van der Waals surface area contributed by atoms with Crippen LogP contribution < -0.4 is 20.2 Å². The Bertz CT molecular complexity index is 1250. The van der Waals surface area contributed by atoms with Crippen molar-refractivity contribution < 1.29 is 28.7 Å². The van der Waals surface area contributed by atoms with Crippen LogP contribution in [0.1, 0.15) is 40.1 Å². The van der Waals surface area contributed by atoms with E-state index >= 15 is 0 Å². The van der Waals surface area contributed by atoms with Crippen molar-refractivity contribution >= 4 is 35.7 Å². The van der Waals surface area contributed by atoms with Crippen molar-refractivity contribution in [2.75, 3.05) is 5.32 Å². The highest BCUT2D eigenvalue weighted by Gasteiger charge is 2.17. The van der Waals surface area contributed by atoms with E-state index < -0.39 is 17.8 Å². The Morgan fingerprint density at radius 1 is 0.794 bits per heavy atom. The minimum absolute atomic E-state index is 0.0838. The van der Waals surface area contributed by atoms with Gasteiger partial charge in [0.2, 0.25) is 5.91 Å². The lowest BCUT2D eigenvalue weighted by molar-refractivity contribution is -0.131. The topological polar surface area (TPSA) is 123 Å².